The second kappa shape index (κ2) is 7.42. The summed E-state index contributed by atoms with van der Waals surface area (Å²) in [4.78, 5) is 17.3. The van der Waals surface area contributed by atoms with Gasteiger partial charge in [0, 0.05) is 18.6 Å². The summed E-state index contributed by atoms with van der Waals surface area (Å²) in [6.45, 7) is 1.53. The summed E-state index contributed by atoms with van der Waals surface area (Å²) in [7, 11) is 4.38. The first-order valence-electron chi connectivity index (χ1n) is 11.4. The van der Waals surface area contributed by atoms with E-state index in [-0.39, 0.29) is 17.1 Å². The normalized spacial score (nSPS) is 28.9. The lowest BCUT2D eigenvalue weighted by atomic mass is 9.69. The summed E-state index contributed by atoms with van der Waals surface area (Å²) >= 11 is 0. The van der Waals surface area contributed by atoms with Gasteiger partial charge >= 0.3 is 6.03 Å². The van der Waals surface area contributed by atoms with Crippen LogP contribution in [0.5, 0.6) is 0 Å². The molecule has 0 aromatic heterocycles. The highest BCUT2D eigenvalue weighted by Crippen LogP contribution is 2.46. The quantitative estimate of drug-likeness (QED) is 0.774. The number of rotatable bonds is 5. The zero-order chi connectivity index (χ0) is 20.8. The maximum absolute atomic E-state index is 12.9. The Labute approximate surface area is 180 Å². The van der Waals surface area contributed by atoms with Crippen LogP contribution in [0.15, 0.2) is 54.6 Å². The molecule has 1 heterocycles. The molecular weight excluding hydrogens is 370 g/mol. The molecule has 30 heavy (non-hydrogen) atoms. The van der Waals surface area contributed by atoms with Crippen molar-refractivity contribution >= 4 is 6.03 Å². The molecular formula is C26H33N3O. The number of hydrogen-bond donors (Lipinski definition) is 1. The van der Waals surface area contributed by atoms with Gasteiger partial charge in [0.15, 0.2) is 0 Å². The molecule has 2 aromatic carbocycles. The minimum absolute atomic E-state index is 0.0588. The monoisotopic (exact) mass is 403 g/mol. The van der Waals surface area contributed by atoms with Gasteiger partial charge in [0.25, 0.3) is 0 Å². The summed E-state index contributed by atoms with van der Waals surface area (Å²) in [6, 6.07) is 19.8. The van der Waals surface area contributed by atoms with E-state index in [4.69, 9.17) is 0 Å². The molecule has 2 aliphatic carbocycles. The largest absolute Gasteiger partial charge is 0.331 e. The molecule has 0 atom stereocenters. The Morgan fingerprint density at radius 3 is 2.40 bits per heavy atom. The third-order valence-corrected chi connectivity index (χ3v) is 7.73. The van der Waals surface area contributed by atoms with Crippen LogP contribution >= 0.6 is 0 Å². The first-order valence-corrected chi connectivity index (χ1v) is 11.4. The molecule has 0 bridgehead atoms. The van der Waals surface area contributed by atoms with Gasteiger partial charge in [0.1, 0.15) is 0 Å². The number of hydrogen-bond acceptors (Lipinski definition) is 2. The number of benzene rings is 2. The zero-order valence-corrected chi connectivity index (χ0v) is 18.2. The second-order valence-electron chi connectivity index (χ2n) is 9.88. The van der Waals surface area contributed by atoms with Gasteiger partial charge < -0.3 is 10.2 Å². The highest BCUT2D eigenvalue weighted by molar-refractivity contribution is 5.78. The van der Waals surface area contributed by atoms with Crippen molar-refractivity contribution in [1.82, 2.24) is 15.1 Å². The lowest BCUT2D eigenvalue weighted by Gasteiger charge is -2.48. The molecule has 2 saturated carbocycles. The highest BCUT2D eigenvalue weighted by Gasteiger charge is 2.49. The Morgan fingerprint density at radius 2 is 1.73 bits per heavy atom. The third kappa shape index (κ3) is 3.51. The molecule has 1 aliphatic heterocycles. The lowest BCUT2D eigenvalue weighted by molar-refractivity contribution is 0.0617. The van der Waals surface area contributed by atoms with E-state index in [9.17, 15) is 4.79 Å². The van der Waals surface area contributed by atoms with Crippen LogP contribution in [0.4, 0.5) is 4.79 Å². The molecule has 1 N–H and O–H groups in total. The number of nitrogens with one attached hydrogen (secondary N) is 1. The fourth-order valence-electron chi connectivity index (χ4n) is 5.66. The van der Waals surface area contributed by atoms with Crippen LogP contribution in [-0.2, 0) is 12.1 Å². The third-order valence-electron chi connectivity index (χ3n) is 7.73. The average molecular weight is 404 g/mol. The van der Waals surface area contributed by atoms with E-state index < -0.39 is 0 Å². The van der Waals surface area contributed by atoms with Crippen molar-refractivity contribution in [3.63, 3.8) is 0 Å². The first kappa shape index (κ1) is 19.6. The molecule has 4 heteroatoms. The topological polar surface area (TPSA) is 35.6 Å². The van der Waals surface area contributed by atoms with Crippen LogP contribution < -0.4 is 5.32 Å². The van der Waals surface area contributed by atoms with Crippen molar-refractivity contribution in [3.8, 4) is 0 Å². The van der Waals surface area contributed by atoms with Crippen LogP contribution in [0.2, 0.25) is 0 Å². The Kier molecular flexibility index (Phi) is 4.85. The molecule has 5 rings (SSSR count). The second-order valence-corrected chi connectivity index (χ2v) is 9.88. The van der Waals surface area contributed by atoms with E-state index >= 15 is 0 Å². The SMILES string of the molecule is CN(C)[C@]1(c2ccccc2)CC[C@]2(CC1)CN(Cc1cccc(C3CC3)c1)C(=O)N2. The fraction of sp³-hybridized carbons (Fsp3) is 0.500. The fourth-order valence-corrected chi connectivity index (χ4v) is 5.66. The smallest absolute Gasteiger partial charge is 0.318 e. The maximum atomic E-state index is 12.9. The Hall–Kier alpha value is -2.33. The van der Waals surface area contributed by atoms with Gasteiger partial charge in [-0.2, -0.15) is 0 Å². The molecule has 1 saturated heterocycles. The van der Waals surface area contributed by atoms with E-state index in [2.05, 4.69) is 78.9 Å². The van der Waals surface area contributed by atoms with Crippen LogP contribution in [0.1, 0.15) is 61.1 Å². The van der Waals surface area contributed by atoms with E-state index in [1.165, 1.54) is 29.5 Å². The molecule has 2 amide bonds. The highest BCUT2D eigenvalue weighted by atomic mass is 16.2. The van der Waals surface area contributed by atoms with Crippen LogP contribution in [0.25, 0.3) is 0 Å². The van der Waals surface area contributed by atoms with Crippen molar-refractivity contribution < 1.29 is 4.79 Å². The van der Waals surface area contributed by atoms with E-state index in [0.29, 0.717) is 6.54 Å². The van der Waals surface area contributed by atoms with Crippen molar-refractivity contribution in [2.75, 3.05) is 20.6 Å². The van der Waals surface area contributed by atoms with E-state index in [1.54, 1.807) is 0 Å². The molecule has 1 spiro atoms. The molecule has 3 fully saturated rings. The summed E-state index contributed by atoms with van der Waals surface area (Å²) in [5.41, 5.74) is 4.07. The summed E-state index contributed by atoms with van der Waals surface area (Å²) in [5, 5.41) is 3.39. The lowest BCUT2D eigenvalue weighted by Crippen LogP contribution is -2.54. The van der Waals surface area contributed by atoms with Gasteiger partial charge in [-0.05, 0) is 75.2 Å². The van der Waals surface area contributed by atoms with Crippen LogP contribution in [-0.4, -0.2) is 42.0 Å². The minimum atomic E-state index is -0.0839. The standard InChI is InChI=1S/C26H33N3O/c1-28(2)26(23-9-4-3-5-10-23)15-13-25(14-16-26)19-29(24(30)27-25)18-20-7-6-8-22(17-20)21-11-12-21/h3-10,17,21H,11-16,18-19H2,1-2H3,(H,27,30)/t25-,26+. The summed E-state index contributed by atoms with van der Waals surface area (Å²) in [6.07, 6.45) is 6.79. The van der Waals surface area contributed by atoms with Crippen molar-refractivity contribution in [3.05, 3.63) is 71.3 Å². The summed E-state index contributed by atoms with van der Waals surface area (Å²) in [5.74, 6) is 0.749. The molecule has 4 nitrogen and oxygen atoms in total. The van der Waals surface area contributed by atoms with Crippen LogP contribution in [0.3, 0.4) is 0 Å². The predicted molar refractivity (Wildman–Crippen MR) is 120 cm³/mol. The molecule has 2 aromatic rings. The first-order chi connectivity index (χ1) is 14.5. The van der Waals surface area contributed by atoms with Crippen molar-refractivity contribution in [2.24, 2.45) is 0 Å². The van der Waals surface area contributed by atoms with Crippen LogP contribution in [0, 0.1) is 0 Å². The number of urea groups is 1. The van der Waals surface area contributed by atoms with Gasteiger partial charge in [-0.15, -0.1) is 0 Å². The molecule has 0 radical (unpaired) electrons. The van der Waals surface area contributed by atoms with E-state index in [1.807, 2.05) is 4.90 Å². The summed E-state index contributed by atoms with van der Waals surface area (Å²) < 4.78 is 0. The molecule has 0 unspecified atom stereocenters. The van der Waals surface area contributed by atoms with Gasteiger partial charge in [0.2, 0.25) is 0 Å². The van der Waals surface area contributed by atoms with Gasteiger partial charge in [-0.3, -0.25) is 4.90 Å². The zero-order valence-electron chi connectivity index (χ0n) is 18.2. The number of carbonyl (C=O) groups is 1. The predicted octanol–water partition coefficient (Wildman–Crippen LogP) is 4.86. The van der Waals surface area contributed by atoms with Crippen molar-refractivity contribution in [2.45, 2.75) is 62.1 Å². The maximum Gasteiger partial charge on any atom is 0.318 e. The number of nitrogens with zero attached hydrogens (tertiary/aromatic N) is 2. The molecule has 158 valence electrons. The molecule has 3 aliphatic rings. The average Bonchev–Trinajstić information content (AvgIpc) is 3.56. The Balaban J connectivity index is 1.29. The Morgan fingerprint density at radius 1 is 1.00 bits per heavy atom. The van der Waals surface area contributed by atoms with Gasteiger partial charge in [-0.25, -0.2) is 4.79 Å². The number of carbonyl (C=O) groups excluding carboxylic acids is 1. The minimum Gasteiger partial charge on any atom is -0.331 e. The van der Waals surface area contributed by atoms with Gasteiger partial charge in [0.05, 0.1) is 5.54 Å². The van der Waals surface area contributed by atoms with Gasteiger partial charge in [-0.1, -0.05) is 54.6 Å². The van der Waals surface area contributed by atoms with Crippen molar-refractivity contribution in [1.29, 1.82) is 0 Å². The van der Waals surface area contributed by atoms with E-state index in [0.717, 1.165) is 38.1 Å². The number of amides is 2. The Bertz CT molecular complexity index is 911.